The Bertz CT molecular complexity index is 758. The zero-order valence-corrected chi connectivity index (χ0v) is 13.2. The maximum Gasteiger partial charge on any atom is 0.121 e. The van der Waals surface area contributed by atoms with E-state index >= 15 is 0 Å². The van der Waals surface area contributed by atoms with E-state index in [4.69, 9.17) is 4.74 Å². The summed E-state index contributed by atoms with van der Waals surface area (Å²) in [6.07, 6.45) is 5.09. The van der Waals surface area contributed by atoms with Crippen molar-refractivity contribution < 1.29 is 4.74 Å². The van der Waals surface area contributed by atoms with Gasteiger partial charge in [0.15, 0.2) is 0 Å². The average Bonchev–Trinajstić information content (AvgIpc) is 3.25. The van der Waals surface area contributed by atoms with Crippen molar-refractivity contribution in [2.24, 2.45) is 0 Å². The highest BCUT2D eigenvalue weighted by Crippen LogP contribution is 2.23. The van der Waals surface area contributed by atoms with Crippen LogP contribution in [0.4, 0.5) is 0 Å². The lowest BCUT2D eigenvalue weighted by Gasteiger charge is -2.24. The number of rotatable bonds is 5. The lowest BCUT2D eigenvalue weighted by Crippen LogP contribution is -2.36. The summed E-state index contributed by atoms with van der Waals surface area (Å²) in [6, 6.07) is 4.19. The van der Waals surface area contributed by atoms with E-state index in [1.165, 1.54) is 11.2 Å². The zero-order chi connectivity index (χ0) is 15.5. The minimum atomic E-state index is 0.101. The first-order valence-electron chi connectivity index (χ1n) is 7.42. The van der Waals surface area contributed by atoms with Gasteiger partial charge in [-0.25, -0.2) is 14.6 Å². The number of nitrogens with one attached hydrogen (secondary N) is 1. The summed E-state index contributed by atoms with van der Waals surface area (Å²) in [6.45, 7) is 2.87. The van der Waals surface area contributed by atoms with Gasteiger partial charge in [-0.3, -0.25) is 0 Å². The Labute approximate surface area is 137 Å². The fourth-order valence-electron chi connectivity index (χ4n) is 2.60. The Kier molecular flexibility index (Phi) is 4.10. The van der Waals surface area contributed by atoms with E-state index in [0.717, 1.165) is 30.0 Å². The Morgan fingerprint density at radius 3 is 3.09 bits per heavy atom. The quantitative estimate of drug-likeness (QED) is 0.764. The topological polar surface area (TPSA) is 77.8 Å². The summed E-state index contributed by atoms with van der Waals surface area (Å²) in [7, 11) is 0. The molecule has 3 aromatic heterocycles. The van der Waals surface area contributed by atoms with E-state index in [2.05, 4.69) is 43.1 Å². The molecule has 3 aromatic rings. The van der Waals surface area contributed by atoms with Gasteiger partial charge in [0.25, 0.3) is 0 Å². The lowest BCUT2D eigenvalue weighted by molar-refractivity contribution is 0.00128. The van der Waals surface area contributed by atoms with Gasteiger partial charge < -0.3 is 10.1 Å². The van der Waals surface area contributed by atoms with Crippen LogP contribution in [0.2, 0.25) is 0 Å². The third-order valence-electron chi connectivity index (χ3n) is 3.76. The van der Waals surface area contributed by atoms with Gasteiger partial charge >= 0.3 is 0 Å². The van der Waals surface area contributed by atoms with Crippen LogP contribution < -0.4 is 5.32 Å². The summed E-state index contributed by atoms with van der Waals surface area (Å²) in [5, 5.41) is 14.0. The fraction of sp³-hybridized carbons (Fsp3) is 0.333. The molecule has 0 spiro atoms. The second kappa shape index (κ2) is 6.53. The molecule has 0 aromatic carbocycles. The number of hydrogen-bond acceptors (Lipinski definition) is 7. The maximum absolute atomic E-state index is 5.94. The molecule has 4 rings (SSSR count). The molecule has 1 N–H and O–H groups in total. The van der Waals surface area contributed by atoms with E-state index in [1.807, 2.05) is 4.68 Å². The van der Waals surface area contributed by atoms with Crippen LogP contribution in [0.5, 0.6) is 0 Å². The van der Waals surface area contributed by atoms with Gasteiger partial charge in [-0.15, -0.1) is 16.4 Å². The van der Waals surface area contributed by atoms with E-state index in [0.29, 0.717) is 13.2 Å². The van der Waals surface area contributed by atoms with Crippen LogP contribution in [-0.2, 0) is 24.4 Å². The molecular weight excluding hydrogens is 312 g/mol. The van der Waals surface area contributed by atoms with Gasteiger partial charge in [0.2, 0.25) is 0 Å². The number of ether oxygens (including phenoxy) is 1. The first-order chi connectivity index (χ1) is 11.4. The zero-order valence-electron chi connectivity index (χ0n) is 12.4. The van der Waals surface area contributed by atoms with Gasteiger partial charge in [-0.2, -0.15) is 0 Å². The molecule has 1 atom stereocenters. The molecule has 1 aliphatic heterocycles. The summed E-state index contributed by atoms with van der Waals surface area (Å²) in [5.74, 6) is 0. The highest BCUT2D eigenvalue weighted by atomic mass is 32.1. The Balaban J connectivity index is 1.39. The number of hydrogen-bond donors (Lipinski definition) is 1. The van der Waals surface area contributed by atoms with Crippen molar-refractivity contribution in [3.05, 3.63) is 46.8 Å². The van der Waals surface area contributed by atoms with Gasteiger partial charge in [0.05, 0.1) is 24.9 Å². The molecule has 0 fully saturated rings. The minimum Gasteiger partial charge on any atom is -0.369 e. The third kappa shape index (κ3) is 3.14. The molecule has 1 aliphatic rings. The molecule has 23 heavy (non-hydrogen) atoms. The summed E-state index contributed by atoms with van der Waals surface area (Å²) < 4.78 is 7.86. The van der Waals surface area contributed by atoms with Crippen molar-refractivity contribution in [1.82, 2.24) is 30.3 Å². The largest absolute Gasteiger partial charge is 0.369 e. The lowest BCUT2D eigenvalue weighted by atomic mass is 10.2. The van der Waals surface area contributed by atoms with Crippen LogP contribution in [0.1, 0.15) is 10.6 Å². The second-order valence-electron chi connectivity index (χ2n) is 5.34. The van der Waals surface area contributed by atoms with Crippen LogP contribution in [0.25, 0.3) is 11.3 Å². The molecule has 0 aliphatic carbocycles. The van der Waals surface area contributed by atoms with Crippen LogP contribution in [0.15, 0.2) is 36.2 Å². The standard InChI is InChI=1S/C15H16N6OS/c1-2-13(23-3-1)7-16-6-12-8-21-14(9-22-12)15(19-20-21)11-4-17-10-18-5-11/h1-5,10,12,16H,6-9H2/t12-/m1/s1. The van der Waals surface area contributed by atoms with E-state index < -0.39 is 0 Å². The van der Waals surface area contributed by atoms with Crippen LogP contribution in [0.3, 0.4) is 0 Å². The summed E-state index contributed by atoms with van der Waals surface area (Å²) >= 11 is 1.76. The fourth-order valence-corrected chi connectivity index (χ4v) is 3.28. The van der Waals surface area contributed by atoms with Crippen LogP contribution in [0, 0.1) is 0 Å². The van der Waals surface area contributed by atoms with E-state index in [9.17, 15) is 0 Å². The highest BCUT2D eigenvalue weighted by molar-refractivity contribution is 7.09. The van der Waals surface area contributed by atoms with Crippen molar-refractivity contribution in [2.75, 3.05) is 6.54 Å². The van der Waals surface area contributed by atoms with Crippen LogP contribution in [-0.4, -0.2) is 37.6 Å². The monoisotopic (exact) mass is 328 g/mol. The highest BCUT2D eigenvalue weighted by Gasteiger charge is 2.24. The van der Waals surface area contributed by atoms with Crippen molar-refractivity contribution in [3.8, 4) is 11.3 Å². The van der Waals surface area contributed by atoms with Crippen molar-refractivity contribution in [1.29, 1.82) is 0 Å². The molecule has 4 heterocycles. The van der Waals surface area contributed by atoms with Crippen molar-refractivity contribution >= 4 is 11.3 Å². The SMILES string of the molecule is c1csc(CNC[C@@H]2Cn3nnc(-c4cncnc4)c3CO2)c1. The molecule has 7 nitrogen and oxygen atoms in total. The van der Waals surface area contributed by atoms with Gasteiger partial charge in [-0.1, -0.05) is 11.3 Å². The Morgan fingerprint density at radius 2 is 2.26 bits per heavy atom. The smallest absolute Gasteiger partial charge is 0.121 e. The van der Waals surface area contributed by atoms with Crippen molar-refractivity contribution in [2.45, 2.75) is 25.8 Å². The van der Waals surface area contributed by atoms with Crippen molar-refractivity contribution in [3.63, 3.8) is 0 Å². The molecule has 0 saturated heterocycles. The van der Waals surface area contributed by atoms with E-state index in [1.54, 1.807) is 23.7 Å². The molecule has 0 radical (unpaired) electrons. The first-order valence-corrected chi connectivity index (χ1v) is 8.30. The van der Waals surface area contributed by atoms with Gasteiger partial charge in [0.1, 0.15) is 12.0 Å². The van der Waals surface area contributed by atoms with Gasteiger partial charge in [-0.05, 0) is 11.4 Å². The molecular formula is C15H16N6OS. The van der Waals surface area contributed by atoms with Gasteiger partial charge in [0, 0.05) is 35.9 Å². The first kappa shape index (κ1) is 14.4. The maximum atomic E-state index is 5.94. The van der Waals surface area contributed by atoms with Crippen LogP contribution >= 0.6 is 11.3 Å². The number of aromatic nitrogens is 5. The predicted octanol–water partition coefficient (Wildman–Crippen LogP) is 1.49. The molecule has 118 valence electrons. The number of thiophene rings is 1. The van der Waals surface area contributed by atoms with E-state index in [-0.39, 0.29) is 6.10 Å². The molecule has 0 bridgehead atoms. The number of fused-ring (bicyclic) bond motifs is 1. The summed E-state index contributed by atoms with van der Waals surface area (Å²) in [4.78, 5) is 9.39. The Hall–Kier alpha value is -2.16. The third-order valence-corrected chi connectivity index (χ3v) is 4.63. The minimum absolute atomic E-state index is 0.101. The predicted molar refractivity (Wildman–Crippen MR) is 85.7 cm³/mol. The molecule has 0 amide bonds. The average molecular weight is 328 g/mol. The molecule has 8 heteroatoms. The Morgan fingerprint density at radius 1 is 1.35 bits per heavy atom. The normalized spacial score (nSPS) is 17.1. The number of nitrogens with zero attached hydrogens (tertiary/aromatic N) is 5. The molecule has 0 saturated carbocycles. The molecule has 0 unspecified atom stereocenters. The second-order valence-corrected chi connectivity index (χ2v) is 6.37. The summed E-state index contributed by atoms with van der Waals surface area (Å²) in [5.41, 5.74) is 2.65.